The number of furan rings is 1. The van der Waals surface area contributed by atoms with Crippen molar-refractivity contribution in [1.29, 1.82) is 0 Å². The molecule has 0 saturated carbocycles. The molecule has 0 spiro atoms. The minimum Gasteiger partial charge on any atom is -0.461 e. The summed E-state index contributed by atoms with van der Waals surface area (Å²) in [5.41, 5.74) is 1.12. The van der Waals surface area contributed by atoms with Gasteiger partial charge in [0, 0.05) is 38.4 Å². The first kappa shape index (κ1) is 18.8. The fourth-order valence-corrected chi connectivity index (χ4v) is 3.36. The van der Waals surface area contributed by atoms with Gasteiger partial charge in [-0.1, -0.05) is 5.16 Å². The lowest BCUT2D eigenvalue weighted by molar-refractivity contribution is 0.0736. The van der Waals surface area contributed by atoms with Crippen molar-refractivity contribution in [2.75, 3.05) is 36.4 Å². The Balaban J connectivity index is 1.18. The quantitative estimate of drug-likeness (QED) is 0.523. The van der Waals surface area contributed by atoms with Gasteiger partial charge in [0.05, 0.1) is 18.1 Å². The maximum Gasteiger partial charge on any atom is 0.276 e. The number of piperazine rings is 1. The number of anilines is 3. The molecule has 0 bridgehead atoms. The number of carbonyl (C=O) groups excluding carboxylic acids is 1. The van der Waals surface area contributed by atoms with Crippen molar-refractivity contribution in [3.8, 4) is 11.5 Å². The second kappa shape index (κ2) is 8.27. The molecule has 1 saturated heterocycles. The van der Waals surface area contributed by atoms with E-state index in [1.807, 2.05) is 24.3 Å². The van der Waals surface area contributed by atoms with Gasteiger partial charge in [-0.05, 0) is 36.4 Å². The van der Waals surface area contributed by atoms with Crippen LogP contribution in [0.2, 0.25) is 0 Å². The lowest BCUT2D eigenvalue weighted by Crippen LogP contribution is -2.49. The summed E-state index contributed by atoms with van der Waals surface area (Å²) in [7, 11) is 0. The molecule has 31 heavy (non-hydrogen) atoms. The number of aromatic nitrogens is 4. The van der Waals surface area contributed by atoms with Crippen molar-refractivity contribution in [3.05, 3.63) is 66.8 Å². The number of nitrogens with zero attached hydrogens (tertiary/aromatic N) is 6. The number of rotatable bonds is 5. The summed E-state index contributed by atoms with van der Waals surface area (Å²) in [5.74, 6) is 2.22. The molecule has 156 valence electrons. The van der Waals surface area contributed by atoms with Crippen LogP contribution in [0.3, 0.4) is 0 Å². The van der Waals surface area contributed by atoms with Gasteiger partial charge in [-0.2, -0.15) is 0 Å². The lowest BCUT2D eigenvalue weighted by atomic mass is 10.2. The number of amides is 1. The second-order valence-corrected chi connectivity index (χ2v) is 6.98. The van der Waals surface area contributed by atoms with Gasteiger partial charge in [-0.25, -0.2) is 0 Å². The van der Waals surface area contributed by atoms with Crippen molar-refractivity contribution >= 4 is 23.2 Å². The molecule has 0 radical (unpaired) electrons. The van der Waals surface area contributed by atoms with Gasteiger partial charge in [0.15, 0.2) is 23.1 Å². The minimum atomic E-state index is -0.164. The Hall–Kier alpha value is -4.21. The predicted molar refractivity (Wildman–Crippen MR) is 112 cm³/mol. The molecule has 1 fully saturated rings. The lowest BCUT2D eigenvalue weighted by Gasteiger charge is -2.34. The van der Waals surface area contributed by atoms with Crippen molar-refractivity contribution in [3.63, 3.8) is 0 Å². The van der Waals surface area contributed by atoms with Gasteiger partial charge < -0.3 is 24.1 Å². The third-order valence-electron chi connectivity index (χ3n) is 4.97. The van der Waals surface area contributed by atoms with E-state index in [-0.39, 0.29) is 11.6 Å². The highest BCUT2D eigenvalue weighted by Gasteiger charge is 2.25. The van der Waals surface area contributed by atoms with Crippen molar-refractivity contribution in [2.45, 2.75) is 0 Å². The van der Waals surface area contributed by atoms with E-state index in [0.717, 1.165) is 11.5 Å². The largest absolute Gasteiger partial charge is 0.461 e. The smallest absolute Gasteiger partial charge is 0.276 e. The average Bonchev–Trinajstić information content (AvgIpc) is 3.52. The zero-order chi connectivity index (χ0) is 21.0. The summed E-state index contributed by atoms with van der Waals surface area (Å²) >= 11 is 0. The molecule has 1 amide bonds. The Bertz CT molecular complexity index is 1140. The van der Waals surface area contributed by atoms with Gasteiger partial charge in [0.25, 0.3) is 5.91 Å². The molecule has 4 aromatic heterocycles. The topological polar surface area (TPSA) is 113 Å². The zero-order valence-corrected chi connectivity index (χ0v) is 16.5. The van der Waals surface area contributed by atoms with Gasteiger partial charge in [0.2, 0.25) is 5.76 Å². The summed E-state index contributed by atoms with van der Waals surface area (Å²) in [4.78, 5) is 20.7. The highest BCUT2D eigenvalue weighted by molar-refractivity contribution is 5.93. The molecule has 10 nitrogen and oxygen atoms in total. The van der Waals surface area contributed by atoms with E-state index in [4.69, 9.17) is 8.94 Å². The highest BCUT2D eigenvalue weighted by atomic mass is 16.5. The molecule has 0 unspecified atom stereocenters. The summed E-state index contributed by atoms with van der Waals surface area (Å²) in [6, 6.07) is 12.7. The maximum atomic E-state index is 12.8. The van der Waals surface area contributed by atoms with Crippen LogP contribution in [-0.4, -0.2) is 57.3 Å². The Morgan fingerprint density at radius 2 is 1.90 bits per heavy atom. The van der Waals surface area contributed by atoms with Crippen molar-refractivity contribution in [2.24, 2.45) is 0 Å². The van der Waals surface area contributed by atoms with E-state index in [1.165, 1.54) is 0 Å². The first-order valence-electron chi connectivity index (χ1n) is 9.82. The number of hydrogen-bond donors (Lipinski definition) is 1. The van der Waals surface area contributed by atoms with Crippen LogP contribution in [0.1, 0.15) is 10.5 Å². The molecule has 0 atom stereocenters. The monoisotopic (exact) mass is 417 g/mol. The van der Waals surface area contributed by atoms with Crippen LogP contribution in [0, 0.1) is 0 Å². The second-order valence-electron chi connectivity index (χ2n) is 6.98. The van der Waals surface area contributed by atoms with Gasteiger partial charge >= 0.3 is 0 Å². The molecular weight excluding hydrogens is 398 g/mol. The fourth-order valence-electron chi connectivity index (χ4n) is 3.36. The maximum absolute atomic E-state index is 12.8. The Morgan fingerprint density at radius 1 is 1.00 bits per heavy atom. The Kier molecular flexibility index (Phi) is 5.01. The molecular formula is C21H19N7O3. The van der Waals surface area contributed by atoms with E-state index >= 15 is 0 Å². The molecule has 1 aliphatic heterocycles. The minimum absolute atomic E-state index is 0.164. The molecule has 5 heterocycles. The van der Waals surface area contributed by atoms with E-state index in [9.17, 15) is 4.79 Å². The number of hydrogen-bond acceptors (Lipinski definition) is 9. The first-order chi connectivity index (χ1) is 15.3. The van der Waals surface area contributed by atoms with Gasteiger partial charge in [-0.3, -0.25) is 9.78 Å². The van der Waals surface area contributed by atoms with Crippen LogP contribution in [0.5, 0.6) is 0 Å². The molecule has 5 rings (SSSR count). The van der Waals surface area contributed by atoms with Crippen LogP contribution < -0.4 is 10.2 Å². The van der Waals surface area contributed by atoms with Crippen molar-refractivity contribution < 1.29 is 13.7 Å². The summed E-state index contributed by atoms with van der Waals surface area (Å²) < 4.78 is 10.5. The highest BCUT2D eigenvalue weighted by Crippen LogP contribution is 2.22. The molecule has 0 aromatic carbocycles. The Morgan fingerprint density at radius 3 is 2.61 bits per heavy atom. The molecule has 0 aliphatic carbocycles. The van der Waals surface area contributed by atoms with Gasteiger partial charge in [0.1, 0.15) is 0 Å². The Labute approximate surface area is 177 Å². The summed E-state index contributed by atoms with van der Waals surface area (Å²) in [6.07, 6.45) is 4.98. The van der Waals surface area contributed by atoms with E-state index in [2.05, 4.69) is 30.6 Å². The molecule has 10 heteroatoms. The van der Waals surface area contributed by atoms with E-state index < -0.39 is 0 Å². The van der Waals surface area contributed by atoms with Crippen LogP contribution in [0.25, 0.3) is 11.5 Å². The third-order valence-corrected chi connectivity index (χ3v) is 4.97. The number of nitrogens with one attached hydrogen (secondary N) is 1. The predicted octanol–water partition coefficient (Wildman–Crippen LogP) is 2.83. The molecule has 4 aromatic rings. The SMILES string of the molecule is O=C(c1cc(-c2ccco2)on1)N1CCN(c2ccc(Nc3cccnc3)nn2)CC1. The number of pyridine rings is 1. The van der Waals surface area contributed by atoms with Gasteiger partial charge in [-0.15, -0.1) is 10.2 Å². The van der Waals surface area contributed by atoms with Crippen molar-refractivity contribution in [1.82, 2.24) is 25.2 Å². The molecule has 1 N–H and O–H groups in total. The third kappa shape index (κ3) is 4.08. The number of carbonyl (C=O) groups is 1. The normalized spacial score (nSPS) is 13.9. The standard InChI is InChI=1S/C21H19N7O3/c29-21(16-13-18(31-26-16)17-4-2-12-30-17)28-10-8-27(9-11-28)20-6-5-19(24-25-20)23-15-3-1-7-22-14-15/h1-7,12-14H,8-11H2,(H,23,24). The van der Waals surface area contributed by atoms with Crippen LogP contribution >= 0.6 is 0 Å². The van der Waals surface area contributed by atoms with Crippen LogP contribution in [-0.2, 0) is 0 Å². The zero-order valence-electron chi connectivity index (χ0n) is 16.5. The van der Waals surface area contributed by atoms with Crippen LogP contribution in [0.15, 0.2) is 70.1 Å². The van der Waals surface area contributed by atoms with Crippen LogP contribution in [0.4, 0.5) is 17.3 Å². The fraction of sp³-hybridized carbons (Fsp3) is 0.190. The average molecular weight is 417 g/mol. The van der Waals surface area contributed by atoms with E-state index in [1.54, 1.807) is 41.8 Å². The first-order valence-corrected chi connectivity index (χ1v) is 9.82. The molecule has 1 aliphatic rings. The van der Waals surface area contributed by atoms with E-state index in [0.29, 0.717) is 43.5 Å². The summed E-state index contributed by atoms with van der Waals surface area (Å²) in [5, 5.41) is 15.6. The summed E-state index contributed by atoms with van der Waals surface area (Å²) in [6.45, 7) is 2.41.